The molecular formula is C12H15N3O4. The first-order chi connectivity index (χ1) is 8.95. The number of carbonyl (C=O) groups is 2. The number of hydrogen-bond donors (Lipinski definition) is 3. The molecule has 0 bridgehead atoms. The third kappa shape index (κ3) is 3.98. The quantitative estimate of drug-likeness (QED) is 0.555. The molecule has 1 aromatic rings. The Morgan fingerprint density at radius 3 is 2.74 bits per heavy atom. The van der Waals surface area contributed by atoms with Crippen LogP contribution in [0.2, 0.25) is 0 Å². The summed E-state index contributed by atoms with van der Waals surface area (Å²) in [5.74, 6) is -0.951. The van der Waals surface area contributed by atoms with E-state index in [1.807, 2.05) is 0 Å². The number of hydrogen-bond acceptors (Lipinski definition) is 5. The number of aromatic hydroxyl groups is 1. The summed E-state index contributed by atoms with van der Waals surface area (Å²) < 4.78 is 4.64. The van der Waals surface area contributed by atoms with Crippen molar-refractivity contribution in [1.29, 1.82) is 0 Å². The minimum Gasteiger partial charge on any atom is -0.507 e. The maximum absolute atomic E-state index is 11.1. The Morgan fingerprint density at radius 2 is 2.16 bits per heavy atom. The van der Waals surface area contributed by atoms with Gasteiger partial charge in [-0.2, -0.15) is 5.10 Å². The van der Waals surface area contributed by atoms with Crippen molar-refractivity contribution in [2.45, 2.75) is 13.8 Å². The molecule has 0 aliphatic carbocycles. The summed E-state index contributed by atoms with van der Waals surface area (Å²) in [4.78, 5) is 22.1. The van der Waals surface area contributed by atoms with Gasteiger partial charge in [0.2, 0.25) is 0 Å². The van der Waals surface area contributed by atoms with Crippen molar-refractivity contribution in [1.82, 2.24) is 5.43 Å². The first kappa shape index (κ1) is 14.5. The van der Waals surface area contributed by atoms with E-state index in [2.05, 4.69) is 15.3 Å². The van der Waals surface area contributed by atoms with Gasteiger partial charge in [-0.3, -0.25) is 4.79 Å². The van der Waals surface area contributed by atoms with E-state index in [4.69, 9.17) is 5.73 Å². The monoisotopic (exact) mass is 265 g/mol. The van der Waals surface area contributed by atoms with Gasteiger partial charge in [0.15, 0.2) is 0 Å². The lowest BCUT2D eigenvalue weighted by Gasteiger charge is -2.05. The third-order valence-electron chi connectivity index (χ3n) is 2.27. The molecule has 0 spiro atoms. The molecule has 19 heavy (non-hydrogen) atoms. The van der Waals surface area contributed by atoms with Crippen LogP contribution in [0.5, 0.6) is 5.75 Å². The molecule has 0 aliphatic rings. The fourth-order valence-corrected chi connectivity index (χ4v) is 1.32. The summed E-state index contributed by atoms with van der Waals surface area (Å²) >= 11 is 0. The van der Waals surface area contributed by atoms with Gasteiger partial charge < -0.3 is 15.6 Å². The molecule has 0 heterocycles. The van der Waals surface area contributed by atoms with Gasteiger partial charge in [-0.15, -0.1) is 0 Å². The van der Waals surface area contributed by atoms with Crippen molar-refractivity contribution in [2.24, 2.45) is 10.8 Å². The molecule has 102 valence electrons. The second-order valence-electron chi connectivity index (χ2n) is 3.63. The Hall–Kier alpha value is -2.57. The Morgan fingerprint density at radius 1 is 1.47 bits per heavy atom. The lowest BCUT2D eigenvalue weighted by Crippen LogP contribution is -2.20. The normalized spacial score (nSPS) is 10.9. The first-order valence-electron chi connectivity index (χ1n) is 5.56. The molecule has 0 radical (unpaired) electrons. The second-order valence-corrected chi connectivity index (χ2v) is 3.63. The fraction of sp³-hybridized carbons (Fsp3) is 0.250. The number of phenols is 1. The predicted molar refractivity (Wildman–Crippen MR) is 69.0 cm³/mol. The predicted octanol–water partition coefficient (Wildman–Crippen LogP) is 0.961. The summed E-state index contributed by atoms with van der Waals surface area (Å²) in [6, 6.07) is 4.27. The van der Waals surface area contributed by atoms with Crippen LogP contribution in [0.15, 0.2) is 23.3 Å². The van der Waals surface area contributed by atoms with E-state index in [9.17, 15) is 14.7 Å². The van der Waals surface area contributed by atoms with Crippen LogP contribution in [0.25, 0.3) is 0 Å². The second kappa shape index (κ2) is 6.39. The number of rotatable bonds is 4. The molecule has 0 aliphatic heterocycles. The molecule has 4 N–H and O–H groups in total. The molecule has 2 amide bonds. The highest BCUT2D eigenvalue weighted by Crippen LogP contribution is 2.18. The van der Waals surface area contributed by atoms with Crippen LogP contribution in [0.3, 0.4) is 0 Å². The molecule has 7 heteroatoms. The largest absolute Gasteiger partial charge is 0.507 e. The van der Waals surface area contributed by atoms with Gasteiger partial charge in [0.25, 0.3) is 5.91 Å². The van der Waals surface area contributed by atoms with E-state index in [1.165, 1.54) is 12.1 Å². The van der Waals surface area contributed by atoms with E-state index in [1.54, 1.807) is 19.9 Å². The van der Waals surface area contributed by atoms with Gasteiger partial charge >= 0.3 is 6.09 Å². The zero-order valence-corrected chi connectivity index (χ0v) is 10.6. The molecule has 1 aromatic carbocycles. The Balaban J connectivity index is 2.91. The fourth-order valence-electron chi connectivity index (χ4n) is 1.32. The van der Waals surface area contributed by atoms with Crippen molar-refractivity contribution in [2.75, 3.05) is 6.61 Å². The first-order valence-corrected chi connectivity index (χ1v) is 5.56. The van der Waals surface area contributed by atoms with Crippen molar-refractivity contribution >= 4 is 17.7 Å². The van der Waals surface area contributed by atoms with Gasteiger partial charge in [0.1, 0.15) is 5.75 Å². The summed E-state index contributed by atoms with van der Waals surface area (Å²) in [7, 11) is 0. The molecule has 0 unspecified atom stereocenters. The summed E-state index contributed by atoms with van der Waals surface area (Å²) in [6.07, 6.45) is -0.671. The van der Waals surface area contributed by atoms with Gasteiger partial charge in [0, 0.05) is 0 Å². The number of hydrazone groups is 1. The van der Waals surface area contributed by atoms with E-state index in [-0.39, 0.29) is 17.9 Å². The summed E-state index contributed by atoms with van der Waals surface area (Å²) in [5, 5.41) is 13.2. The standard InChI is InChI=1S/C12H15N3O4/c1-3-19-12(18)15-14-7(2)8-4-5-10(16)9(6-8)11(13)17/h4-6,16H,3H2,1-2H3,(H2,13,17)(H,15,18)/b14-7+. The van der Waals surface area contributed by atoms with Crippen molar-refractivity contribution < 1.29 is 19.4 Å². The topological polar surface area (TPSA) is 114 Å². The smallest absolute Gasteiger partial charge is 0.427 e. The van der Waals surface area contributed by atoms with Crippen LogP contribution in [0.1, 0.15) is 29.8 Å². The Bertz CT molecular complexity index is 526. The maximum Gasteiger partial charge on any atom is 0.427 e. The highest BCUT2D eigenvalue weighted by Gasteiger charge is 2.10. The van der Waals surface area contributed by atoms with E-state index in [0.29, 0.717) is 11.3 Å². The number of ether oxygens (including phenoxy) is 1. The van der Waals surface area contributed by atoms with E-state index < -0.39 is 12.0 Å². The van der Waals surface area contributed by atoms with Gasteiger partial charge in [-0.05, 0) is 37.6 Å². The number of carbonyl (C=O) groups excluding carboxylic acids is 2. The minimum atomic E-state index is -0.745. The number of benzene rings is 1. The zero-order valence-electron chi connectivity index (χ0n) is 10.6. The summed E-state index contributed by atoms with van der Waals surface area (Å²) in [6.45, 7) is 3.55. The third-order valence-corrected chi connectivity index (χ3v) is 2.27. The summed E-state index contributed by atoms with van der Waals surface area (Å²) in [5.41, 5.74) is 8.28. The Kier molecular flexibility index (Phi) is 4.87. The molecule has 0 atom stereocenters. The van der Waals surface area contributed by atoms with Crippen molar-refractivity contribution in [3.05, 3.63) is 29.3 Å². The highest BCUT2D eigenvalue weighted by atomic mass is 16.5. The average molecular weight is 265 g/mol. The van der Waals surface area contributed by atoms with Gasteiger partial charge in [-0.1, -0.05) is 0 Å². The maximum atomic E-state index is 11.1. The Labute approximate surface area is 110 Å². The molecule has 0 aromatic heterocycles. The van der Waals surface area contributed by atoms with E-state index in [0.717, 1.165) is 0 Å². The van der Waals surface area contributed by atoms with Crippen molar-refractivity contribution in [3.63, 3.8) is 0 Å². The van der Waals surface area contributed by atoms with Crippen LogP contribution >= 0.6 is 0 Å². The van der Waals surface area contributed by atoms with Crippen molar-refractivity contribution in [3.8, 4) is 5.75 Å². The number of amides is 2. The van der Waals surface area contributed by atoms with Gasteiger partial charge in [-0.25, -0.2) is 10.2 Å². The molecular weight excluding hydrogens is 250 g/mol. The number of nitrogens with zero attached hydrogens (tertiary/aromatic N) is 1. The van der Waals surface area contributed by atoms with Crippen LogP contribution in [-0.2, 0) is 4.74 Å². The van der Waals surface area contributed by atoms with Crippen LogP contribution < -0.4 is 11.2 Å². The van der Waals surface area contributed by atoms with E-state index >= 15 is 0 Å². The molecule has 7 nitrogen and oxygen atoms in total. The molecule has 1 rings (SSSR count). The minimum absolute atomic E-state index is 0.0109. The molecule has 0 fully saturated rings. The zero-order chi connectivity index (χ0) is 14.4. The van der Waals surface area contributed by atoms with Gasteiger partial charge in [0.05, 0.1) is 17.9 Å². The highest BCUT2D eigenvalue weighted by molar-refractivity contribution is 6.03. The molecule has 0 saturated heterocycles. The number of primary amides is 1. The van der Waals surface area contributed by atoms with Crippen LogP contribution in [0, 0.1) is 0 Å². The number of nitrogens with one attached hydrogen (secondary N) is 1. The lowest BCUT2D eigenvalue weighted by molar-refractivity contribution is 0.0997. The SMILES string of the molecule is CCOC(=O)N/N=C(\C)c1ccc(O)c(C(N)=O)c1. The molecule has 0 saturated carbocycles. The average Bonchev–Trinajstić information content (AvgIpc) is 2.36. The lowest BCUT2D eigenvalue weighted by atomic mass is 10.1. The van der Waals surface area contributed by atoms with Crippen LogP contribution in [0.4, 0.5) is 4.79 Å². The van der Waals surface area contributed by atoms with Crippen LogP contribution in [-0.4, -0.2) is 29.4 Å². The number of nitrogens with two attached hydrogens (primary N) is 1.